The highest BCUT2D eigenvalue weighted by Gasteiger charge is 2.43. The summed E-state index contributed by atoms with van der Waals surface area (Å²) in [7, 11) is 0. The lowest BCUT2D eigenvalue weighted by Crippen LogP contribution is -2.26. The number of carbonyl (C=O) groups excluding carboxylic acids is 1. The first-order valence-electron chi connectivity index (χ1n) is 6.26. The molecule has 90 valence electrons. The maximum absolute atomic E-state index is 11.8. The molecule has 2 rings (SSSR count). The van der Waals surface area contributed by atoms with E-state index in [0.717, 1.165) is 19.4 Å². The first-order chi connectivity index (χ1) is 8.33. The molecule has 1 fully saturated rings. The van der Waals surface area contributed by atoms with E-state index in [9.17, 15) is 4.79 Å². The molecule has 2 nitrogen and oxygen atoms in total. The molecule has 1 aliphatic carbocycles. The fourth-order valence-corrected chi connectivity index (χ4v) is 2.13. The van der Waals surface area contributed by atoms with E-state index in [-0.39, 0.29) is 11.8 Å². The normalized spacial score (nSPS) is 22.6. The van der Waals surface area contributed by atoms with Crippen LogP contribution in [0.2, 0.25) is 0 Å². The highest BCUT2D eigenvalue weighted by atomic mass is 16.2. The molecule has 0 saturated heterocycles. The molecule has 2 unspecified atom stereocenters. The average molecular weight is 229 g/mol. The third kappa shape index (κ3) is 3.19. The van der Waals surface area contributed by atoms with Crippen molar-refractivity contribution >= 4 is 5.91 Å². The van der Waals surface area contributed by atoms with Crippen LogP contribution in [0.15, 0.2) is 42.5 Å². The fourth-order valence-electron chi connectivity index (χ4n) is 2.13. The predicted octanol–water partition coefficient (Wildman–Crippen LogP) is 2.87. The van der Waals surface area contributed by atoms with Crippen LogP contribution in [0.25, 0.3) is 0 Å². The van der Waals surface area contributed by atoms with Crippen molar-refractivity contribution < 1.29 is 4.79 Å². The Morgan fingerprint density at radius 3 is 2.88 bits per heavy atom. The first-order valence-corrected chi connectivity index (χ1v) is 6.26. The van der Waals surface area contributed by atoms with Crippen molar-refractivity contribution in [1.29, 1.82) is 0 Å². The first kappa shape index (κ1) is 11.9. The van der Waals surface area contributed by atoms with Crippen LogP contribution in [0.5, 0.6) is 0 Å². The summed E-state index contributed by atoms with van der Waals surface area (Å²) in [5.74, 6) is 0.851. The maximum atomic E-state index is 11.8. The van der Waals surface area contributed by atoms with Crippen LogP contribution in [0, 0.1) is 5.92 Å². The molecule has 0 aromatic heterocycles. The molecular formula is C15H19NO. The predicted molar refractivity (Wildman–Crippen MR) is 69.7 cm³/mol. The summed E-state index contributed by atoms with van der Waals surface area (Å²) in [5, 5.41) is 2.99. The second-order valence-electron chi connectivity index (χ2n) is 4.51. The Labute approximate surface area is 103 Å². The van der Waals surface area contributed by atoms with Crippen LogP contribution in [0.4, 0.5) is 0 Å². The van der Waals surface area contributed by atoms with Crippen molar-refractivity contribution in [3.63, 3.8) is 0 Å². The van der Waals surface area contributed by atoms with Gasteiger partial charge in [0.05, 0.1) is 0 Å². The molecule has 0 heterocycles. The zero-order valence-electron chi connectivity index (χ0n) is 10.2. The topological polar surface area (TPSA) is 29.1 Å². The number of rotatable bonds is 5. The van der Waals surface area contributed by atoms with Crippen molar-refractivity contribution in [3.05, 3.63) is 48.0 Å². The van der Waals surface area contributed by atoms with Gasteiger partial charge >= 0.3 is 0 Å². The standard InChI is InChI=1S/C15H19NO/c1-2-3-7-10-16-15(17)14-11-13(14)12-8-5-4-6-9-12/h2-6,8-9,13-14H,7,10-11H2,1H3,(H,16,17)/b3-2+. The summed E-state index contributed by atoms with van der Waals surface area (Å²) in [6.07, 6.45) is 6.00. The molecule has 1 N–H and O–H groups in total. The number of hydrogen-bond donors (Lipinski definition) is 1. The van der Waals surface area contributed by atoms with Crippen molar-refractivity contribution in [1.82, 2.24) is 5.32 Å². The molecule has 2 heteroatoms. The van der Waals surface area contributed by atoms with Gasteiger partial charge in [-0.1, -0.05) is 42.5 Å². The number of allylic oxidation sites excluding steroid dienone is 1. The second-order valence-corrected chi connectivity index (χ2v) is 4.51. The summed E-state index contributed by atoms with van der Waals surface area (Å²) < 4.78 is 0. The van der Waals surface area contributed by atoms with Gasteiger partial charge in [0, 0.05) is 12.5 Å². The summed E-state index contributed by atoms with van der Waals surface area (Å²) in [6, 6.07) is 10.3. The number of nitrogens with one attached hydrogen (secondary N) is 1. The van der Waals surface area contributed by atoms with Gasteiger partial charge in [-0.25, -0.2) is 0 Å². The molecule has 1 amide bonds. The Kier molecular flexibility index (Phi) is 3.97. The van der Waals surface area contributed by atoms with Crippen LogP contribution in [0.3, 0.4) is 0 Å². The zero-order chi connectivity index (χ0) is 12.1. The molecule has 1 aliphatic rings. The Hall–Kier alpha value is -1.57. The second kappa shape index (κ2) is 5.67. The highest BCUT2D eigenvalue weighted by molar-refractivity contribution is 5.82. The molecule has 0 bridgehead atoms. The Morgan fingerprint density at radius 1 is 1.41 bits per heavy atom. The van der Waals surface area contributed by atoms with Crippen LogP contribution in [-0.4, -0.2) is 12.5 Å². The van der Waals surface area contributed by atoms with Crippen molar-refractivity contribution in [3.8, 4) is 0 Å². The third-order valence-electron chi connectivity index (χ3n) is 3.20. The van der Waals surface area contributed by atoms with Gasteiger partial charge in [0.1, 0.15) is 0 Å². The third-order valence-corrected chi connectivity index (χ3v) is 3.20. The maximum Gasteiger partial charge on any atom is 0.223 e. The summed E-state index contributed by atoms with van der Waals surface area (Å²) in [4.78, 5) is 11.8. The van der Waals surface area contributed by atoms with Crippen LogP contribution >= 0.6 is 0 Å². The molecule has 1 aromatic carbocycles. The van der Waals surface area contributed by atoms with E-state index in [0.29, 0.717) is 5.92 Å². The molecule has 17 heavy (non-hydrogen) atoms. The Morgan fingerprint density at radius 2 is 2.18 bits per heavy atom. The van der Waals surface area contributed by atoms with E-state index >= 15 is 0 Å². The minimum absolute atomic E-state index is 0.197. The lowest BCUT2D eigenvalue weighted by molar-refractivity contribution is -0.122. The van der Waals surface area contributed by atoms with Crippen molar-refractivity contribution in [2.45, 2.75) is 25.7 Å². The molecule has 2 atom stereocenters. The van der Waals surface area contributed by atoms with Gasteiger partial charge in [-0.05, 0) is 31.2 Å². The van der Waals surface area contributed by atoms with Gasteiger partial charge < -0.3 is 5.32 Å². The minimum Gasteiger partial charge on any atom is -0.356 e. The molecule has 1 saturated carbocycles. The fraction of sp³-hybridized carbons (Fsp3) is 0.400. The monoisotopic (exact) mass is 229 g/mol. The number of benzene rings is 1. The molecule has 0 spiro atoms. The minimum atomic E-state index is 0.197. The van der Waals surface area contributed by atoms with Gasteiger partial charge in [0.15, 0.2) is 0 Å². The smallest absolute Gasteiger partial charge is 0.223 e. The van der Waals surface area contributed by atoms with E-state index in [1.807, 2.05) is 31.2 Å². The molecule has 0 aliphatic heterocycles. The number of amides is 1. The average Bonchev–Trinajstić information content (AvgIpc) is 3.16. The highest BCUT2D eigenvalue weighted by Crippen LogP contribution is 2.47. The van der Waals surface area contributed by atoms with E-state index in [4.69, 9.17) is 0 Å². The van der Waals surface area contributed by atoms with Gasteiger partial charge in [-0.3, -0.25) is 4.79 Å². The largest absolute Gasteiger partial charge is 0.356 e. The van der Waals surface area contributed by atoms with Gasteiger partial charge in [-0.2, -0.15) is 0 Å². The van der Waals surface area contributed by atoms with Gasteiger partial charge in [-0.15, -0.1) is 0 Å². The Balaban J connectivity index is 1.77. The quantitative estimate of drug-likeness (QED) is 0.610. The number of carbonyl (C=O) groups is 1. The zero-order valence-corrected chi connectivity index (χ0v) is 10.2. The summed E-state index contributed by atoms with van der Waals surface area (Å²) >= 11 is 0. The van der Waals surface area contributed by atoms with E-state index in [1.165, 1.54) is 5.56 Å². The van der Waals surface area contributed by atoms with Crippen LogP contribution < -0.4 is 5.32 Å². The van der Waals surface area contributed by atoms with E-state index in [1.54, 1.807) is 0 Å². The lowest BCUT2D eigenvalue weighted by Gasteiger charge is -2.03. The molecule has 1 aromatic rings. The molecular weight excluding hydrogens is 210 g/mol. The summed E-state index contributed by atoms with van der Waals surface area (Å²) in [5.41, 5.74) is 1.29. The van der Waals surface area contributed by atoms with E-state index < -0.39 is 0 Å². The van der Waals surface area contributed by atoms with Crippen molar-refractivity contribution in [2.75, 3.05) is 6.54 Å². The molecule has 0 radical (unpaired) electrons. The van der Waals surface area contributed by atoms with Gasteiger partial charge in [0.2, 0.25) is 5.91 Å². The SMILES string of the molecule is C/C=C/CCNC(=O)C1CC1c1ccccc1. The van der Waals surface area contributed by atoms with Crippen LogP contribution in [-0.2, 0) is 4.79 Å². The van der Waals surface area contributed by atoms with Crippen LogP contribution in [0.1, 0.15) is 31.2 Å². The van der Waals surface area contributed by atoms with E-state index in [2.05, 4.69) is 23.5 Å². The van der Waals surface area contributed by atoms with Gasteiger partial charge in [0.25, 0.3) is 0 Å². The lowest BCUT2D eigenvalue weighted by atomic mass is 10.1. The number of hydrogen-bond acceptors (Lipinski definition) is 1. The Bertz CT molecular complexity index is 397. The van der Waals surface area contributed by atoms with Crippen molar-refractivity contribution in [2.24, 2.45) is 5.92 Å². The summed E-state index contributed by atoms with van der Waals surface area (Å²) in [6.45, 7) is 2.75.